The van der Waals surface area contributed by atoms with E-state index in [-0.39, 0.29) is 12.5 Å². The second-order valence-electron chi connectivity index (χ2n) is 7.11. The molecule has 4 aromatic carbocycles. The number of benzene rings is 4. The predicted molar refractivity (Wildman–Crippen MR) is 121 cm³/mol. The van der Waals surface area contributed by atoms with Crippen molar-refractivity contribution in [2.24, 2.45) is 0 Å². The highest BCUT2D eigenvalue weighted by atomic mass is 16.2. The minimum Gasteiger partial charge on any atom is -0.279 e. The van der Waals surface area contributed by atoms with E-state index in [4.69, 9.17) is 0 Å². The van der Waals surface area contributed by atoms with Crippen LogP contribution >= 0.6 is 0 Å². The van der Waals surface area contributed by atoms with Gasteiger partial charge in [0.15, 0.2) is 0 Å². The van der Waals surface area contributed by atoms with Crippen molar-refractivity contribution in [3.05, 3.63) is 103 Å². The van der Waals surface area contributed by atoms with E-state index in [1.165, 1.54) is 4.80 Å². The van der Waals surface area contributed by atoms with Crippen LogP contribution in [-0.4, -0.2) is 26.1 Å². The lowest BCUT2D eigenvalue weighted by Gasteiger charge is -2.23. The molecule has 0 saturated heterocycles. The van der Waals surface area contributed by atoms with Crippen molar-refractivity contribution >= 4 is 28.1 Å². The van der Waals surface area contributed by atoms with Crippen LogP contribution in [0.15, 0.2) is 103 Å². The Hall–Kier alpha value is -4.32. The first-order valence-corrected chi connectivity index (χ1v) is 9.98. The maximum absolute atomic E-state index is 13.4. The fraction of sp³-hybridized carbons (Fsp3) is 0.0400. The van der Waals surface area contributed by atoms with E-state index in [1.54, 1.807) is 4.90 Å². The van der Waals surface area contributed by atoms with E-state index >= 15 is 0 Å². The average molecular weight is 405 g/mol. The molecule has 0 saturated carbocycles. The van der Waals surface area contributed by atoms with Gasteiger partial charge < -0.3 is 0 Å². The molecule has 6 heteroatoms. The molecule has 0 radical (unpaired) electrons. The van der Waals surface area contributed by atoms with Gasteiger partial charge in [0, 0.05) is 16.9 Å². The highest BCUT2D eigenvalue weighted by molar-refractivity contribution is 6.02. The number of fused-ring (bicyclic) bond motifs is 1. The Kier molecular flexibility index (Phi) is 4.94. The topological polar surface area (TPSA) is 63.9 Å². The smallest absolute Gasteiger partial charge is 0.255 e. The summed E-state index contributed by atoms with van der Waals surface area (Å²) in [7, 11) is 0. The van der Waals surface area contributed by atoms with Crippen LogP contribution in [0.2, 0.25) is 0 Å². The molecule has 1 amide bonds. The Labute approximate surface area is 179 Å². The Balaban J connectivity index is 1.48. The zero-order valence-corrected chi connectivity index (χ0v) is 16.7. The van der Waals surface area contributed by atoms with Crippen molar-refractivity contribution in [1.29, 1.82) is 0 Å². The molecule has 0 aliphatic rings. The Morgan fingerprint density at radius 2 is 1.42 bits per heavy atom. The molecule has 0 N–H and O–H groups in total. The summed E-state index contributed by atoms with van der Waals surface area (Å²) in [5.41, 5.74) is 2.43. The van der Waals surface area contributed by atoms with Gasteiger partial charge in [-0.1, -0.05) is 78.9 Å². The third-order valence-corrected chi connectivity index (χ3v) is 5.02. The van der Waals surface area contributed by atoms with Gasteiger partial charge in [-0.2, -0.15) is 4.80 Å². The molecule has 31 heavy (non-hydrogen) atoms. The van der Waals surface area contributed by atoms with Crippen molar-refractivity contribution in [1.82, 2.24) is 20.2 Å². The number of hydrogen-bond donors (Lipinski definition) is 0. The molecule has 5 rings (SSSR count). The number of para-hydroxylation sites is 1. The second kappa shape index (κ2) is 8.20. The number of carbonyl (C=O) groups is 1. The van der Waals surface area contributed by atoms with Gasteiger partial charge in [0.1, 0.15) is 6.54 Å². The quantitative estimate of drug-likeness (QED) is 0.419. The first-order valence-electron chi connectivity index (χ1n) is 9.98. The maximum atomic E-state index is 13.4. The average Bonchev–Trinajstić information content (AvgIpc) is 3.29. The molecule has 0 atom stereocenters. The molecule has 0 unspecified atom stereocenters. The lowest BCUT2D eigenvalue weighted by Crippen LogP contribution is -2.30. The van der Waals surface area contributed by atoms with Gasteiger partial charge in [0.05, 0.1) is 0 Å². The summed E-state index contributed by atoms with van der Waals surface area (Å²) in [6.45, 7) is -0.0262. The fourth-order valence-corrected chi connectivity index (χ4v) is 3.53. The van der Waals surface area contributed by atoms with E-state index < -0.39 is 0 Å². The van der Waals surface area contributed by atoms with Gasteiger partial charge in [0.2, 0.25) is 5.82 Å². The van der Waals surface area contributed by atoms with Crippen molar-refractivity contribution in [3.8, 4) is 11.4 Å². The molecule has 0 aliphatic heterocycles. The van der Waals surface area contributed by atoms with E-state index in [2.05, 4.69) is 21.5 Å². The predicted octanol–water partition coefficient (Wildman–Crippen LogP) is 4.86. The summed E-state index contributed by atoms with van der Waals surface area (Å²) in [4.78, 5) is 16.4. The standard InChI is InChI=1S/C25H19N5O/c31-24(18-29-27-25(26-28-29)20-10-3-1-4-11-20)30(22-13-5-2-6-14-22)23-16-15-19-9-7-8-12-21(19)17-23/h1-17H,18H2. The molecule has 150 valence electrons. The molecular weight excluding hydrogens is 386 g/mol. The normalized spacial score (nSPS) is 10.8. The zero-order valence-electron chi connectivity index (χ0n) is 16.7. The highest BCUT2D eigenvalue weighted by Crippen LogP contribution is 2.29. The van der Waals surface area contributed by atoms with Gasteiger partial charge in [-0.3, -0.25) is 9.69 Å². The molecule has 5 aromatic rings. The lowest BCUT2D eigenvalue weighted by molar-refractivity contribution is -0.118. The van der Waals surface area contributed by atoms with Crippen LogP contribution in [0.5, 0.6) is 0 Å². The molecule has 6 nitrogen and oxygen atoms in total. The fourth-order valence-electron chi connectivity index (χ4n) is 3.53. The first kappa shape index (κ1) is 18.7. The third-order valence-electron chi connectivity index (χ3n) is 5.02. The van der Waals surface area contributed by atoms with Crippen LogP contribution in [0.3, 0.4) is 0 Å². The van der Waals surface area contributed by atoms with Gasteiger partial charge >= 0.3 is 0 Å². The number of carbonyl (C=O) groups excluding carboxylic acids is 1. The summed E-state index contributed by atoms with van der Waals surface area (Å²) in [5, 5.41) is 14.8. The highest BCUT2D eigenvalue weighted by Gasteiger charge is 2.20. The van der Waals surface area contributed by atoms with Crippen molar-refractivity contribution in [2.45, 2.75) is 6.54 Å². The Morgan fingerprint density at radius 3 is 2.19 bits per heavy atom. The Bertz CT molecular complexity index is 1330. The number of anilines is 2. The summed E-state index contributed by atoms with van der Waals surface area (Å²) >= 11 is 0. The molecule has 0 fully saturated rings. The van der Waals surface area contributed by atoms with Crippen LogP contribution in [-0.2, 0) is 11.3 Å². The molecule has 1 heterocycles. The van der Waals surface area contributed by atoms with Crippen molar-refractivity contribution in [2.75, 3.05) is 4.90 Å². The van der Waals surface area contributed by atoms with Gasteiger partial charge in [-0.05, 0) is 40.3 Å². The third kappa shape index (κ3) is 3.91. The number of rotatable bonds is 5. The van der Waals surface area contributed by atoms with Gasteiger partial charge in [-0.15, -0.1) is 10.2 Å². The number of nitrogens with zero attached hydrogens (tertiary/aromatic N) is 5. The minimum atomic E-state index is -0.154. The number of tetrazole rings is 1. The zero-order chi connectivity index (χ0) is 21.0. The number of aromatic nitrogens is 4. The van der Waals surface area contributed by atoms with Gasteiger partial charge in [-0.25, -0.2) is 0 Å². The van der Waals surface area contributed by atoms with Gasteiger partial charge in [0.25, 0.3) is 5.91 Å². The van der Waals surface area contributed by atoms with Crippen LogP contribution in [0.4, 0.5) is 11.4 Å². The number of amides is 1. The SMILES string of the molecule is O=C(Cn1nnc(-c2ccccc2)n1)N(c1ccccc1)c1ccc2ccccc2c1. The molecule has 0 aliphatic carbocycles. The van der Waals surface area contributed by atoms with Crippen LogP contribution < -0.4 is 4.90 Å². The van der Waals surface area contributed by atoms with Crippen LogP contribution in [0.1, 0.15) is 0 Å². The lowest BCUT2D eigenvalue weighted by atomic mass is 10.1. The summed E-state index contributed by atoms with van der Waals surface area (Å²) in [6, 6.07) is 33.3. The second-order valence-corrected chi connectivity index (χ2v) is 7.11. The van der Waals surface area contributed by atoms with E-state index in [0.717, 1.165) is 27.7 Å². The van der Waals surface area contributed by atoms with E-state index in [9.17, 15) is 4.79 Å². The molecule has 0 spiro atoms. The number of hydrogen-bond acceptors (Lipinski definition) is 4. The largest absolute Gasteiger partial charge is 0.279 e. The molecular formula is C25H19N5O. The van der Waals surface area contributed by atoms with Crippen molar-refractivity contribution < 1.29 is 4.79 Å². The summed E-state index contributed by atoms with van der Waals surface area (Å²) in [5.74, 6) is 0.337. The van der Waals surface area contributed by atoms with Crippen LogP contribution in [0, 0.1) is 0 Å². The first-order chi connectivity index (χ1) is 15.3. The monoisotopic (exact) mass is 405 g/mol. The summed E-state index contributed by atoms with van der Waals surface area (Å²) in [6.07, 6.45) is 0. The molecule has 0 bridgehead atoms. The Morgan fingerprint density at radius 1 is 0.742 bits per heavy atom. The summed E-state index contributed by atoms with van der Waals surface area (Å²) < 4.78 is 0. The van der Waals surface area contributed by atoms with Crippen molar-refractivity contribution in [3.63, 3.8) is 0 Å². The maximum Gasteiger partial charge on any atom is 0.255 e. The van der Waals surface area contributed by atoms with Crippen LogP contribution in [0.25, 0.3) is 22.2 Å². The van der Waals surface area contributed by atoms with E-state index in [0.29, 0.717) is 5.82 Å². The minimum absolute atomic E-state index is 0.0262. The molecule has 1 aromatic heterocycles. The van der Waals surface area contributed by atoms with E-state index in [1.807, 2.05) is 97.1 Å².